The fraction of sp³-hybridized carbons (Fsp3) is 0.500. The molecule has 0 fully saturated rings. The lowest BCUT2D eigenvalue weighted by Crippen LogP contribution is -2.37. The molecule has 0 aliphatic carbocycles. The molecule has 1 aromatic rings. The first-order valence-electron chi connectivity index (χ1n) is 4.77. The molecular formula is C10H12BrF2NOS. The molecule has 0 radical (unpaired) electrons. The number of carbonyl (C=O) groups excluding carboxylic acids is 1. The van der Waals surface area contributed by atoms with Crippen LogP contribution in [0.25, 0.3) is 0 Å². The van der Waals surface area contributed by atoms with Crippen LogP contribution in [0.15, 0.2) is 17.5 Å². The summed E-state index contributed by atoms with van der Waals surface area (Å²) in [6.07, 6.45) is -2.27. The van der Waals surface area contributed by atoms with Crippen molar-refractivity contribution in [3.05, 3.63) is 22.4 Å². The van der Waals surface area contributed by atoms with Gasteiger partial charge in [-0.05, 0) is 11.4 Å². The standard InChI is InChI=1S/C10H12BrF2NOS/c11-3-4-14(7-9(12)13)10(15)6-8-2-1-5-16-8/h1-2,5,9H,3-4,6-7H2. The zero-order valence-electron chi connectivity index (χ0n) is 8.54. The lowest BCUT2D eigenvalue weighted by atomic mass is 10.3. The first kappa shape index (κ1) is 13.6. The predicted molar refractivity (Wildman–Crippen MR) is 64.4 cm³/mol. The van der Waals surface area contributed by atoms with Gasteiger partial charge in [0.15, 0.2) is 0 Å². The smallest absolute Gasteiger partial charge is 0.255 e. The number of hydrogen-bond donors (Lipinski definition) is 0. The van der Waals surface area contributed by atoms with E-state index < -0.39 is 13.0 Å². The van der Waals surface area contributed by atoms with Crippen molar-refractivity contribution in [2.24, 2.45) is 0 Å². The maximum Gasteiger partial charge on any atom is 0.255 e. The van der Waals surface area contributed by atoms with Gasteiger partial charge in [0.25, 0.3) is 6.43 Å². The Labute approximate surface area is 105 Å². The first-order chi connectivity index (χ1) is 7.63. The van der Waals surface area contributed by atoms with Crippen LogP contribution in [-0.4, -0.2) is 35.7 Å². The number of amides is 1. The summed E-state index contributed by atoms with van der Waals surface area (Å²) in [5.41, 5.74) is 0. The second-order valence-electron chi connectivity index (χ2n) is 3.18. The average molecular weight is 312 g/mol. The highest BCUT2D eigenvalue weighted by Crippen LogP contribution is 2.11. The van der Waals surface area contributed by atoms with Crippen LogP contribution in [0.1, 0.15) is 4.88 Å². The van der Waals surface area contributed by atoms with Gasteiger partial charge in [0.2, 0.25) is 5.91 Å². The van der Waals surface area contributed by atoms with Gasteiger partial charge in [-0.25, -0.2) is 8.78 Å². The summed E-state index contributed by atoms with van der Waals surface area (Å²) in [5.74, 6) is -0.248. The fourth-order valence-corrected chi connectivity index (χ4v) is 2.38. The highest BCUT2D eigenvalue weighted by Gasteiger charge is 2.17. The lowest BCUT2D eigenvalue weighted by molar-refractivity contribution is -0.132. The summed E-state index contributed by atoms with van der Waals surface area (Å²) in [4.78, 5) is 13.8. The van der Waals surface area contributed by atoms with E-state index in [0.717, 1.165) is 4.88 Å². The summed E-state index contributed by atoms with van der Waals surface area (Å²) in [6, 6.07) is 3.67. The minimum absolute atomic E-state index is 0.206. The Balaban J connectivity index is 2.53. The quantitative estimate of drug-likeness (QED) is 0.740. The number of alkyl halides is 3. The summed E-state index contributed by atoms with van der Waals surface area (Å²) >= 11 is 4.61. The molecule has 1 heterocycles. The van der Waals surface area contributed by atoms with E-state index in [1.165, 1.54) is 16.2 Å². The Morgan fingerprint density at radius 2 is 2.31 bits per heavy atom. The van der Waals surface area contributed by atoms with Gasteiger partial charge in [-0.1, -0.05) is 22.0 Å². The molecule has 0 aromatic carbocycles. The third-order valence-corrected chi connectivity index (χ3v) is 3.20. The van der Waals surface area contributed by atoms with Crippen LogP contribution in [0.2, 0.25) is 0 Å². The molecule has 1 rings (SSSR count). The van der Waals surface area contributed by atoms with Gasteiger partial charge >= 0.3 is 0 Å². The molecule has 1 aromatic heterocycles. The van der Waals surface area contributed by atoms with Crippen LogP contribution in [-0.2, 0) is 11.2 Å². The van der Waals surface area contributed by atoms with Gasteiger partial charge in [-0.3, -0.25) is 4.79 Å². The summed E-state index contributed by atoms with van der Waals surface area (Å²) in [6.45, 7) is -0.176. The monoisotopic (exact) mass is 311 g/mol. The molecule has 0 saturated heterocycles. The van der Waals surface area contributed by atoms with E-state index in [1.54, 1.807) is 0 Å². The number of nitrogens with zero attached hydrogens (tertiary/aromatic N) is 1. The van der Waals surface area contributed by atoms with Crippen LogP contribution in [0.5, 0.6) is 0 Å². The van der Waals surface area contributed by atoms with Crippen LogP contribution >= 0.6 is 27.3 Å². The van der Waals surface area contributed by atoms with Crippen molar-refractivity contribution in [1.82, 2.24) is 4.90 Å². The molecule has 0 bridgehead atoms. The van der Waals surface area contributed by atoms with Crippen molar-refractivity contribution >= 4 is 33.2 Å². The molecule has 0 atom stereocenters. The maximum absolute atomic E-state index is 12.2. The van der Waals surface area contributed by atoms with E-state index in [4.69, 9.17) is 0 Å². The van der Waals surface area contributed by atoms with E-state index in [0.29, 0.717) is 11.9 Å². The Bertz CT molecular complexity index is 319. The lowest BCUT2D eigenvalue weighted by Gasteiger charge is -2.20. The molecule has 1 amide bonds. The van der Waals surface area contributed by atoms with E-state index in [-0.39, 0.29) is 12.3 Å². The van der Waals surface area contributed by atoms with Crippen molar-refractivity contribution < 1.29 is 13.6 Å². The second kappa shape index (κ2) is 6.96. The molecule has 0 N–H and O–H groups in total. The number of halogens is 3. The topological polar surface area (TPSA) is 20.3 Å². The maximum atomic E-state index is 12.2. The zero-order valence-corrected chi connectivity index (χ0v) is 10.9. The highest BCUT2D eigenvalue weighted by atomic mass is 79.9. The van der Waals surface area contributed by atoms with Crippen molar-refractivity contribution in [2.45, 2.75) is 12.8 Å². The van der Waals surface area contributed by atoms with Crippen LogP contribution < -0.4 is 0 Å². The van der Waals surface area contributed by atoms with Gasteiger partial charge in [0.05, 0.1) is 13.0 Å². The van der Waals surface area contributed by atoms with E-state index in [9.17, 15) is 13.6 Å². The molecule has 0 saturated carbocycles. The molecule has 90 valence electrons. The molecule has 0 unspecified atom stereocenters. The van der Waals surface area contributed by atoms with Crippen LogP contribution in [0, 0.1) is 0 Å². The minimum Gasteiger partial charge on any atom is -0.336 e. The average Bonchev–Trinajstić information content (AvgIpc) is 2.69. The summed E-state index contributed by atoms with van der Waals surface area (Å²) in [7, 11) is 0. The Kier molecular flexibility index (Phi) is 5.90. The van der Waals surface area contributed by atoms with E-state index >= 15 is 0 Å². The minimum atomic E-state index is -2.48. The molecule has 6 heteroatoms. The number of rotatable bonds is 6. The first-order valence-corrected chi connectivity index (χ1v) is 6.78. The third-order valence-electron chi connectivity index (χ3n) is 1.97. The molecule has 16 heavy (non-hydrogen) atoms. The summed E-state index contributed by atoms with van der Waals surface area (Å²) < 4.78 is 24.5. The largest absolute Gasteiger partial charge is 0.336 e. The van der Waals surface area contributed by atoms with Crippen molar-refractivity contribution in [3.63, 3.8) is 0 Å². The van der Waals surface area contributed by atoms with Crippen molar-refractivity contribution in [3.8, 4) is 0 Å². The van der Waals surface area contributed by atoms with Gasteiger partial charge in [0, 0.05) is 16.8 Å². The zero-order chi connectivity index (χ0) is 12.0. The van der Waals surface area contributed by atoms with E-state index in [1.807, 2.05) is 17.5 Å². The number of hydrogen-bond acceptors (Lipinski definition) is 2. The number of thiophene rings is 1. The molecular weight excluding hydrogens is 300 g/mol. The van der Waals surface area contributed by atoms with Crippen molar-refractivity contribution in [1.29, 1.82) is 0 Å². The Morgan fingerprint density at radius 1 is 1.56 bits per heavy atom. The highest BCUT2D eigenvalue weighted by molar-refractivity contribution is 9.09. The summed E-state index contributed by atoms with van der Waals surface area (Å²) in [5, 5.41) is 2.38. The SMILES string of the molecule is O=C(Cc1cccs1)N(CCBr)CC(F)F. The van der Waals surface area contributed by atoms with Gasteiger partial charge in [-0.15, -0.1) is 11.3 Å². The molecule has 2 nitrogen and oxygen atoms in total. The van der Waals surface area contributed by atoms with Crippen LogP contribution in [0.4, 0.5) is 8.78 Å². The second-order valence-corrected chi connectivity index (χ2v) is 5.00. The molecule has 0 spiro atoms. The van der Waals surface area contributed by atoms with Gasteiger partial charge < -0.3 is 4.90 Å². The van der Waals surface area contributed by atoms with Gasteiger partial charge in [0.1, 0.15) is 0 Å². The predicted octanol–water partition coefficient (Wildman–Crippen LogP) is 2.78. The Hall–Kier alpha value is -0.490. The normalized spacial score (nSPS) is 10.8. The molecule has 0 aliphatic rings. The molecule has 0 aliphatic heterocycles. The fourth-order valence-electron chi connectivity index (χ4n) is 1.26. The number of carbonyl (C=O) groups is 1. The Morgan fingerprint density at radius 3 is 2.81 bits per heavy atom. The van der Waals surface area contributed by atoms with Crippen LogP contribution in [0.3, 0.4) is 0 Å². The van der Waals surface area contributed by atoms with Gasteiger partial charge in [-0.2, -0.15) is 0 Å². The third kappa shape index (κ3) is 4.57. The van der Waals surface area contributed by atoms with E-state index in [2.05, 4.69) is 15.9 Å². The van der Waals surface area contributed by atoms with Crippen molar-refractivity contribution in [2.75, 3.05) is 18.4 Å².